The zero-order valence-corrected chi connectivity index (χ0v) is 12.4. The molecule has 2 aromatic rings. The van der Waals surface area contributed by atoms with Crippen LogP contribution in [0.15, 0.2) is 29.6 Å². The van der Waals surface area contributed by atoms with Crippen molar-refractivity contribution in [2.45, 2.75) is 26.2 Å². The minimum atomic E-state index is 0.0776. The summed E-state index contributed by atoms with van der Waals surface area (Å²) in [5.74, 6) is 0.0776. The number of amides is 1. The summed E-state index contributed by atoms with van der Waals surface area (Å²) in [6, 6.07) is 8.28. The maximum Gasteiger partial charge on any atom is 0.220 e. The van der Waals surface area contributed by atoms with Crippen molar-refractivity contribution in [2.75, 3.05) is 12.3 Å². The van der Waals surface area contributed by atoms with Gasteiger partial charge >= 0.3 is 0 Å². The molecule has 3 N–H and O–H groups in total. The molecule has 0 fully saturated rings. The highest BCUT2D eigenvalue weighted by Gasteiger charge is 2.03. The van der Waals surface area contributed by atoms with Gasteiger partial charge in [-0.1, -0.05) is 29.8 Å². The van der Waals surface area contributed by atoms with Crippen molar-refractivity contribution in [1.29, 1.82) is 0 Å². The van der Waals surface area contributed by atoms with Crippen LogP contribution in [0.1, 0.15) is 23.2 Å². The first-order chi connectivity index (χ1) is 9.63. The Morgan fingerprint density at radius 3 is 2.70 bits per heavy atom. The highest BCUT2D eigenvalue weighted by atomic mass is 32.1. The molecule has 20 heavy (non-hydrogen) atoms. The predicted molar refractivity (Wildman–Crippen MR) is 82.7 cm³/mol. The molecule has 1 aromatic carbocycles. The van der Waals surface area contributed by atoms with Crippen LogP contribution in [-0.2, 0) is 17.6 Å². The number of nitrogens with two attached hydrogens (primary N) is 1. The average molecular weight is 289 g/mol. The van der Waals surface area contributed by atoms with Gasteiger partial charge in [-0.2, -0.15) is 0 Å². The van der Waals surface area contributed by atoms with Crippen LogP contribution in [0, 0.1) is 6.92 Å². The van der Waals surface area contributed by atoms with Crippen molar-refractivity contribution < 1.29 is 4.79 Å². The Bertz CT molecular complexity index is 563. The van der Waals surface area contributed by atoms with Gasteiger partial charge in [0, 0.05) is 24.8 Å². The molecular formula is C15H19N3OS. The van der Waals surface area contributed by atoms with Crippen molar-refractivity contribution in [2.24, 2.45) is 0 Å². The zero-order chi connectivity index (χ0) is 14.4. The van der Waals surface area contributed by atoms with Crippen molar-refractivity contribution >= 4 is 22.4 Å². The number of nitrogens with one attached hydrogen (secondary N) is 1. The number of nitrogen functional groups attached to an aromatic ring is 1. The van der Waals surface area contributed by atoms with Crippen molar-refractivity contribution in [3.05, 3.63) is 46.5 Å². The quantitative estimate of drug-likeness (QED) is 0.857. The third-order valence-electron chi connectivity index (χ3n) is 3.03. The summed E-state index contributed by atoms with van der Waals surface area (Å²) < 4.78 is 0. The molecule has 0 radical (unpaired) electrons. The first-order valence-corrected chi connectivity index (χ1v) is 7.53. The normalized spacial score (nSPS) is 10.4. The number of aromatic nitrogens is 1. The number of thiazole rings is 1. The van der Waals surface area contributed by atoms with E-state index >= 15 is 0 Å². The Kier molecular flexibility index (Phi) is 5.12. The van der Waals surface area contributed by atoms with E-state index in [0.717, 1.165) is 18.5 Å². The Hall–Kier alpha value is -1.88. The summed E-state index contributed by atoms with van der Waals surface area (Å²) in [6.45, 7) is 2.66. The van der Waals surface area contributed by atoms with E-state index in [1.54, 1.807) is 0 Å². The Labute approximate surface area is 123 Å². The maximum absolute atomic E-state index is 11.7. The summed E-state index contributed by atoms with van der Waals surface area (Å²) in [7, 11) is 0. The van der Waals surface area contributed by atoms with E-state index in [4.69, 9.17) is 5.73 Å². The molecule has 2 rings (SSSR count). The molecule has 0 aliphatic heterocycles. The van der Waals surface area contributed by atoms with Gasteiger partial charge < -0.3 is 11.1 Å². The van der Waals surface area contributed by atoms with Crippen molar-refractivity contribution in [3.63, 3.8) is 0 Å². The van der Waals surface area contributed by atoms with Crippen molar-refractivity contribution in [1.82, 2.24) is 10.3 Å². The largest absolute Gasteiger partial charge is 0.375 e. The third kappa shape index (κ3) is 4.66. The standard InChI is InChI=1S/C15H19N3OS/c1-11-2-4-12(5-3-11)6-7-14(19)17-9-8-13-10-20-15(16)18-13/h2-5,10H,6-9H2,1H3,(H2,16,18)(H,17,19). The first kappa shape index (κ1) is 14.5. The molecule has 0 saturated carbocycles. The lowest BCUT2D eigenvalue weighted by atomic mass is 10.1. The SMILES string of the molecule is Cc1ccc(CCC(=O)NCCc2csc(N)n2)cc1. The monoisotopic (exact) mass is 289 g/mol. The summed E-state index contributed by atoms with van der Waals surface area (Å²) in [6.07, 6.45) is 2.02. The number of nitrogens with zero attached hydrogens (tertiary/aromatic N) is 1. The Morgan fingerprint density at radius 2 is 2.05 bits per heavy atom. The Balaban J connectivity index is 1.66. The number of aryl methyl sites for hydroxylation is 2. The minimum Gasteiger partial charge on any atom is -0.375 e. The van der Waals surface area contributed by atoms with Gasteiger partial charge in [-0.25, -0.2) is 4.98 Å². The number of hydrogen-bond donors (Lipinski definition) is 2. The van der Waals surface area contributed by atoms with E-state index in [-0.39, 0.29) is 5.91 Å². The zero-order valence-electron chi connectivity index (χ0n) is 11.6. The summed E-state index contributed by atoms with van der Waals surface area (Å²) in [5, 5.41) is 5.41. The van der Waals surface area contributed by atoms with Gasteiger partial charge in [0.05, 0.1) is 5.69 Å². The molecule has 1 aromatic heterocycles. The number of anilines is 1. The van der Waals surface area contributed by atoms with Crippen LogP contribution in [0.5, 0.6) is 0 Å². The second-order valence-electron chi connectivity index (χ2n) is 4.76. The smallest absolute Gasteiger partial charge is 0.220 e. The second-order valence-corrected chi connectivity index (χ2v) is 5.65. The number of hydrogen-bond acceptors (Lipinski definition) is 4. The summed E-state index contributed by atoms with van der Waals surface area (Å²) in [4.78, 5) is 15.9. The number of rotatable bonds is 6. The van der Waals surface area contributed by atoms with E-state index < -0.39 is 0 Å². The molecule has 0 unspecified atom stereocenters. The predicted octanol–water partition coefficient (Wildman–Crippen LogP) is 2.33. The van der Waals surface area contributed by atoms with E-state index in [1.165, 1.54) is 22.5 Å². The fraction of sp³-hybridized carbons (Fsp3) is 0.333. The van der Waals surface area contributed by atoms with E-state index in [2.05, 4.69) is 41.5 Å². The summed E-state index contributed by atoms with van der Waals surface area (Å²) >= 11 is 1.43. The van der Waals surface area contributed by atoms with E-state index in [9.17, 15) is 4.79 Å². The highest BCUT2D eigenvalue weighted by molar-refractivity contribution is 7.13. The topological polar surface area (TPSA) is 68.0 Å². The molecule has 0 spiro atoms. The van der Waals surface area contributed by atoms with Crippen LogP contribution >= 0.6 is 11.3 Å². The van der Waals surface area contributed by atoms with Crippen LogP contribution in [-0.4, -0.2) is 17.4 Å². The molecule has 1 amide bonds. The molecule has 106 valence electrons. The van der Waals surface area contributed by atoms with Crippen LogP contribution in [0.2, 0.25) is 0 Å². The third-order valence-corrected chi connectivity index (χ3v) is 3.76. The van der Waals surface area contributed by atoms with Gasteiger partial charge in [0.1, 0.15) is 0 Å². The molecule has 1 heterocycles. The number of carbonyl (C=O) groups is 1. The molecule has 0 saturated heterocycles. The van der Waals surface area contributed by atoms with E-state index in [1.807, 2.05) is 5.38 Å². The van der Waals surface area contributed by atoms with Gasteiger partial charge in [-0.15, -0.1) is 11.3 Å². The molecule has 0 atom stereocenters. The lowest BCUT2D eigenvalue weighted by molar-refractivity contribution is -0.121. The Morgan fingerprint density at radius 1 is 1.30 bits per heavy atom. The number of benzene rings is 1. The fourth-order valence-corrected chi connectivity index (χ4v) is 2.47. The van der Waals surface area contributed by atoms with Crippen LogP contribution in [0.25, 0.3) is 0 Å². The van der Waals surface area contributed by atoms with Crippen molar-refractivity contribution in [3.8, 4) is 0 Å². The number of carbonyl (C=O) groups excluding carboxylic acids is 1. The average Bonchev–Trinajstić information content (AvgIpc) is 2.84. The van der Waals surface area contributed by atoms with Gasteiger partial charge in [0.2, 0.25) is 5.91 Å². The first-order valence-electron chi connectivity index (χ1n) is 6.65. The van der Waals surface area contributed by atoms with Crippen LogP contribution in [0.4, 0.5) is 5.13 Å². The maximum atomic E-state index is 11.7. The van der Waals surface area contributed by atoms with Gasteiger partial charge in [-0.3, -0.25) is 4.79 Å². The highest BCUT2D eigenvalue weighted by Crippen LogP contribution is 2.11. The molecule has 0 bridgehead atoms. The lowest BCUT2D eigenvalue weighted by Gasteiger charge is -2.04. The molecule has 0 aliphatic rings. The van der Waals surface area contributed by atoms with E-state index in [0.29, 0.717) is 18.1 Å². The van der Waals surface area contributed by atoms with Crippen LogP contribution in [0.3, 0.4) is 0 Å². The van der Waals surface area contributed by atoms with Gasteiger partial charge in [0.25, 0.3) is 0 Å². The summed E-state index contributed by atoms with van der Waals surface area (Å²) in [5.41, 5.74) is 8.92. The lowest BCUT2D eigenvalue weighted by Crippen LogP contribution is -2.25. The van der Waals surface area contributed by atoms with Crippen LogP contribution < -0.4 is 11.1 Å². The fourth-order valence-electron chi connectivity index (χ4n) is 1.87. The molecule has 5 heteroatoms. The molecule has 0 aliphatic carbocycles. The second kappa shape index (κ2) is 7.05. The van der Waals surface area contributed by atoms with Gasteiger partial charge in [-0.05, 0) is 18.9 Å². The molecular weight excluding hydrogens is 270 g/mol. The molecule has 4 nitrogen and oxygen atoms in total. The minimum absolute atomic E-state index is 0.0776. The van der Waals surface area contributed by atoms with Gasteiger partial charge in [0.15, 0.2) is 5.13 Å².